The predicted octanol–water partition coefficient (Wildman–Crippen LogP) is 7.14. The van der Waals surface area contributed by atoms with Crippen molar-refractivity contribution >= 4 is 0 Å². The highest BCUT2D eigenvalue weighted by atomic mass is 14.4. The number of aryl methyl sites for hydroxylation is 1. The van der Waals surface area contributed by atoms with Crippen LogP contribution in [0.25, 0.3) is 11.1 Å². The van der Waals surface area contributed by atoms with Crippen molar-refractivity contribution in [3.05, 3.63) is 95.1 Å². The molecule has 0 amide bonds. The Morgan fingerprint density at radius 1 is 0.654 bits per heavy atom. The average molecular weight is 341 g/mol. The quantitative estimate of drug-likeness (QED) is 0.418. The Balaban J connectivity index is 1.69. The van der Waals surface area contributed by atoms with Gasteiger partial charge in [0.2, 0.25) is 0 Å². The second-order valence-electron chi connectivity index (χ2n) is 7.72. The molecule has 0 aliphatic heterocycles. The van der Waals surface area contributed by atoms with Crippen LogP contribution in [0.3, 0.4) is 0 Å². The summed E-state index contributed by atoms with van der Waals surface area (Å²) in [4.78, 5) is 0. The van der Waals surface area contributed by atoms with E-state index in [0.717, 1.165) is 0 Å². The molecule has 0 bridgehead atoms. The lowest BCUT2D eigenvalue weighted by Crippen LogP contribution is -2.22. The molecule has 0 nitrogen and oxygen atoms in total. The monoisotopic (exact) mass is 340 g/mol. The molecule has 0 heteroatoms. The zero-order valence-corrected chi connectivity index (χ0v) is 16.0. The Hall–Kier alpha value is -2.34. The van der Waals surface area contributed by atoms with E-state index in [2.05, 4.69) is 86.6 Å². The van der Waals surface area contributed by atoms with Crippen LogP contribution in [0.15, 0.2) is 72.8 Å². The molecule has 1 aliphatic rings. The Morgan fingerprint density at radius 2 is 1.23 bits per heavy atom. The average Bonchev–Trinajstić information content (AvgIpc) is 2.96. The van der Waals surface area contributed by atoms with Gasteiger partial charge in [0.1, 0.15) is 0 Å². The molecule has 0 saturated carbocycles. The molecule has 3 aromatic rings. The van der Waals surface area contributed by atoms with E-state index >= 15 is 0 Å². The topological polar surface area (TPSA) is 0 Å². The van der Waals surface area contributed by atoms with Crippen molar-refractivity contribution in [3.8, 4) is 11.1 Å². The number of hydrogen-bond donors (Lipinski definition) is 0. The Labute approximate surface area is 157 Å². The van der Waals surface area contributed by atoms with Gasteiger partial charge in [-0.25, -0.2) is 0 Å². The fourth-order valence-corrected chi connectivity index (χ4v) is 4.52. The van der Waals surface area contributed by atoms with Crippen LogP contribution in [-0.2, 0) is 11.8 Å². The van der Waals surface area contributed by atoms with Gasteiger partial charge in [-0.05, 0) is 53.1 Å². The van der Waals surface area contributed by atoms with Crippen molar-refractivity contribution in [3.63, 3.8) is 0 Å². The van der Waals surface area contributed by atoms with E-state index in [4.69, 9.17) is 0 Å². The lowest BCUT2D eigenvalue weighted by atomic mass is 9.74. The summed E-state index contributed by atoms with van der Waals surface area (Å²) in [5.41, 5.74) is 8.42. The number of rotatable bonds is 6. The van der Waals surface area contributed by atoms with E-state index in [1.165, 1.54) is 65.5 Å². The molecule has 26 heavy (non-hydrogen) atoms. The summed E-state index contributed by atoms with van der Waals surface area (Å²) in [6.45, 7) is 4.65. The van der Waals surface area contributed by atoms with Crippen LogP contribution < -0.4 is 0 Å². The fourth-order valence-electron chi connectivity index (χ4n) is 4.52. The minimum atomic E-state index is -0.0616. The second-order valence-corrected chi connectivity index (χ2v) is 7.72. The minimum Gasteiger partial charge on any atom is -0.0654 e. The summed E-state index contributed by atoms with van der Waals surface area (Å²) >= 11 is 0. The molecule has 0 heterocycles. The van der Waals surface area contributed by atoms with E-state index < -0.39 is 0 Å². The van der Waals surface area contributed by atoms with Crippen LogP contribution in [0.4, 0.5) is 0 Å². The Kier molecular flexibility index (Phi) is 4.68. The van der Waals surface area contributed by atoms with Gasteiger partial charge in [-0.2, -0.15) is 0 Å². The standard InChI is InChI=1S/C26H28/c1-3-4-5-6-11-20-16-18-21(19-17-20)26(2)24-14-9-7-12-22(24)23-13-8-10-15-25(23)26/h7-10,12-19H,3-6,11H2,1-2H3. The molecule has 4 rings (SSSR count). The van der Waals surface area contributed by atoms with Gasteiger partial charge < -0.3 is 0 Å². The van der Waals surface area contributed by atoms with Crippen molar-refractivity contribution in [1.82, 2.24) is 0 Å². The van der Waals surface area contributed by atoms with Gasteiger partial charge in [-0.15, -0.1) is 0 Å². The van der Waals surface area contributed by atoms with Crippen LogP contribution in [0, 0.1) is 0 Å². The maximum atomic E-state index is 2.38. The van der Waals surface area contributed by atoms with Gasteiger partial charge in [0.15, 0.2) is 0 Å². The largest absolute Gasteiger partial charge is 0.0654 e. The van der Waals surface area contributed by atoms with E-state index in [1.54, 1.807) is 0 Å². The molecular weight excluding hydrogens is 312 g/mol. The fraction of sp³-hybridized carbons (Fsp3) is 0.308. The molecule has 3 aromatic carbocycles. The molecule has 0 atom stereocenters. The van der Waals surface area contributed by atoms with Crippen molar-refractivity contribution in [2.24, 2.45) is 0 Å². The SMILES string of the molecule is CCCCCCc1ccc(C2(C)c3ccccc3-c3ccccc32)cc1. The van der Waals surface area contributed by atoms with Gasteiger partial charge in [0.25, 0.3) is 0 Å². The summed E-state index contributed by atoms with van der Waals surface area (Å²) in [5, 5.41) is 0. The van der Waals surface area contributed by atoms with Crippen LogP contribution in [-0.4, -0.2) is 0 Å². The van der Waals surface area contributed by atoms with Gasteiger partial charge in [0.05, 0.1) is 0 Å². The lowest BCUT2D eigenvalue weighted by Gasteiger charge is -2.28. The summed E-state index contributed by atoms with van der Waals surface area (Å²) in [6.07, 6.45) is 6.50. The predicted molar refractivity (Wildman–Crippen MR) is 112 cm³/mol. The maximum absolute atomic E-state index is 2.38. The van der Waals surface area contributed by atoms with Crippen LogP contribution in [0.5, 0.6) is 0 Å². The van der Waals surface area contributed by atoms with Crippen molar-refractivity contribution < 1.29 is 0 Å². The molecule has 1 aliphatic carbocycles. The first kappa shape index (κ1) is 17.1. The Bertz CT molecular complexity index is 840. The molecule has 0 radical (unpaired) electrons. The van der Waals surface area contributed by atoms with Crippen molar-refractivity contribution in [2.45, 2.75) is 51.4 Å². The molecule has 0 unspecified atom stereocenters. The minimum absolute atomic E-state index is 0.0616. The van der Waals surface area contributed by atoms with Gasteiger partial charge in [0, 0.05) is 5.41 Å². The highest BCUT2D eigenvalue weighted by molar-refractivity contribution is 5.83. The third kappa shape index (κ3) is 2.78. The number of fused-ring (bicyclic) bond motifs is 3. The van der Waals surface area contributed by atoms with E-state index in [9.17, 15) is 0 Å². The molecule has 0 aromatic heterocycles. The van der Waals surface area contributed by atoms with Crippen molar-refractivity contribution in [1.29, 1.82) is 0 Å². The molecule has 0 spiro atoms. The molecular formula is C26H28. The first-order valence-electron chi connectivity index (χ1n) is 10.0. The lowest BCUT2D eigenvalue weighted by molar-refractivity contribution is 0.666. The Morgan fingerprint density at radius 3 is 1.81 bits per heavy atom. The van der Waals surface area contributed by atoms with Gasteiger partial charge >= 0.3 is 0 Å². The molecule has 132 valence electrons. The van der Waals surface area contributed by atoms with E-state index in [-0.39, 0.29) is 5.41 Å². The normalized spacial score (nSPS) is 14.1. The third-order valence-electron chi connectivity index (χ3n) is 6.07. The zero-order chi connectivity index (χ0) is 18.0. The van der Waals surface area contributed by atoms with Gasteiger partial charge in [-0.3, -0.25) is 0 Å². The molecule has 0 saturated heterocycles. The number of unbranched alkanes of at least 4 members (excludes halogenated alkanes) is 3. The van der Waals surface area contributed by atoms with Crippen LogP contribution >= 0.6 is 0 Å². The first-order chi connectivity index (χ1) is 12.7. The highest BCUT2D eigenvalue weighted by Crippen LogP contribution is 2.51. The molecule has 0 fully saturated rings. The number of benzene rings is 3. The summed E-state index contributed by atoms with van der Waals surface area (Å²) in [6, 6.07) is 27.2. The highest BCUT2D eigenvalue weighted by Gasteiger charge is 2.40. The zero-order valence-electron chi connectivity index (χ0n) is 16.0. The molecule has 0 N–H and O–H groups in total. The number of hydrogen-bond acceptors (Lipinski definition) is 0. The third-order valence-corrected chi connectivity index (χ3v) is 6.07. The van der Waals surface area contributed by atoms with Crippen LogP contribution in [0.2, 0.25) is 0 Å². The first-order valence-corrected chi connectivity index (χ1v) is 10.0. The van der Waals surface area contributed by atoms with Crippen molar-refractivity contribution in [2.75, 3.05) is 0 Å². The smallest absolute Gasteiger partial charge is 0.0435 e. The second kappa shape index (κ2) is 7.11. The summed E-state index contributed by atoms with van der Waals surface area (Å²) in [5.74, 6) is 0. The van der Waals surface area contributed by atoms with E-state index in [0.29, 0.717) is 0 Å². The summed E-state index contributed by atoms with van der Waals surface area (Å²) in [7, 11) is 0. The van der Waals surface area contributed by atoms with Crippen LogP contribution in [0.1, 0.15) is 61.8 Å². The summed E-state index contributed by atoms with van der Waals surface area (Å²) < 4.78 is 0. The van der Waals surface area contributed by atoms with Gasteiger partial charge in [-0.1, -0.05) is 99.0 Å². The van der Waals surface area contributed by atoms with E-state index in [1.807, 2.05) is 0 Å². The maximum Gasteiger partial charge on any atom is 0.0435 e.